The maximum atomic E-state index is 12.7. The van der Waals surface area contributed by atoms with Gasteiger partial charge >= 0.3 is 0 Å². The molecule has 0 bridgehead atoms. The van der Waals surface area contributed by atoms with Gasteiger partial charge in [-0.3, -0.25) is 0 Å². The van der Waals surface area contributed by atoms with Crippen molar-refractivity contribution in [2.24, 2.45) is 0 Å². The van der Waals surface area contributed by atoms with Crippen molar-refractivity contribution in [2.45, 2.75) is 24.8 Å². The molecule has 0 amide bonds. The van der Waals surface area contributed by atoms with Crippen LogP contribution in [0.25, 0.3) is 0 Å². The van der Waals surface area contributed by atoms with Crippen LogP contribution in [0.5, 0.6) is 0 Å². The second kappa shape index (κ2) is 5.57. The van der Waals surface area contributed by atoms with Gasteiger partial charge in [-0.05, 0) is 38.1 Å². The van der Waals surface area contributed by atoms with Gasteiger partial charge in [-0.1, -0.05) is 0 Å². The predicted molar refractivity (Wildman–Crippen MR) is 62.5 cm³/mol. The third kappa shape index (κ3) is 3.24. The summed E-state index contributed by atoms with van der Waals surface area (Å²) in [5, 5.41) is 8.87. The number of halogens is 1. The molecule has 0 spiro atoms. The molecule has 1 N–H and O–H groups in total. The Hall–Kier alpha value is -0.980. The topological polar surface area (TPSA) is 57.6 Å². The molecule has 0 radical (unpaired) electrons. The zero-order valence-electron chi connectivity index (χ0n) is 9.80. The summed E-state index contributed by atoms with van der Waals surface area (Å²) in [5.74, 6) is -0.484. The van der Waals surface area contributed by atoms with Gasteiger partial charge in [0.05, 0.1) is 11.5 Å². The molecule has 0 saturated carbocycles. The van der Waals surface area contributed by atoms with Crippen LogP contribution in [0.1, 0.15) is 13.8 Å². The van der Waals surface area contributed by atoms with Crippen LogP contribution in [-0.4, -0.2) is 37.0 Å². The summed E-state index contributed by atoms with van der Waals surface area (Å²) < 4.78 is 38.2. The smallest absolute Gasteiger partial charge is 0.243 e. The number of aliphatic hydroxyl groups is 1. The van der Waals surface area contributed by atoms with Gasteiger partial charge in [0.2, 0.25) is 10.0 Å². The van der Waals surface area contributed by atoms with Crippen LogP contribution in [0.4, 0.5) is 4.39 Å². The first-order chi connectivity index (χ1) is 7.89. The molecule has 4 nitrogen and oxygen atoms in total. The van der Waals surface area contributed by atoms with E-state index in [4.69, 9.17) is 5.11 Å². The summed E-state index contributed by atoms with van der Waals surface area (Å²) in [4.78, 5) is 0.0288. The highest BCUT2D eigenvalue weighted by atomic mass is 32.2. The van der Waals surface area contributed by atoms with Crippen molar-refractivity contribution in [2.75, 3.05) is 13.2 Å². The highest BCUT2D eigenvalue weighted by Crippen LogP contribution is 2.18. The molecule has 0 atom stereocenters. The molecule has 17 heavy (non-hydrogen) atoms. The second-order valence-corrected chi connectivity index (χ2v) is 5.78. The zero-order chi connectivity index (χ0) is 13.1. The van der Waals surface area contributed by atoms with Crippen LogP contribution in [0.2, 0.25) is 0 Å². The fourth-order valence-corrected chi connectivity index (χ4v) is 3.12. The van der Waals surface area contributed by atoms with Gasteiger partial charge in [-0.25, -0.2) is 12.8 Å². The summed E-state index contributed by atoms with van der Waals surface area (Å²) in [6.07, 6.45) is 0. The first-order valence-corrected chi connectivity index (χ1v) is 6.72. The van der Waals surface area contributed by atoms with E-state index in [0.29, 0.717) is 0 Å². The first kappa shape index (κ1) is 14.1. The van der Waals surface area contributed by atoms with Crippen molar-refractivity contribution in [1.29, 1.82) is 0 Å². The Morgan fingerprint density at radius 2 is 1.82 bits per heavy atom. The normalized spacial score (nSPS) is 12.4. The van der Waals surface area contributed by atoms with Crippen molar-refractivity contribution in [3.63, 3.8) is 0 Å². The standard InChI is InChI=1S/C11H16FNO3S/c1-9(2)13(7-8-14)17(15,16)11-5-3-10(12)4-6-11/h3-6,9,14H,7-8H2,1-2H3. The van der Waals surface area contributed by atoms with E-state index in [9.17, 15) is 12.8 Å². The number of nitrogens with zero attached hydrogens (tertiary/aromatic N) is 1. The van der Waals surface area contributed by atoms with Crippen LogP contribution < -0.4 is 0 Å². The number of hydrogen-bond acceptors (Lipinski definition) is 3. The van der Waals surface area contributed by atoms with Gasteiger partial charge in [0, 0.05) is 12.6 Å². The maximum absolute atomic E-state index is 12.7. The highest BCUT2D eigenvalue weighted by Gasteiger charge is 2.26. The SMILES string of the molecule is CC(C)N(CCO)S(=O)(=O)c1ccc(F)cc1. The van der Waals surface area contributed by atoms with E-state index in [2.05, 4.69) is 0 Å². The van der Waals surface area contributed by atoms with Gasteiger partial charge in [-0.2, -0.15) is 4.31 Å². The van der Waals surface area contributed by atoms with E-state index < -0.39 is 15.8 Å². The fourth-order valence-electron chi connectivity index (χ4n) is 1.50. The average molecular weight is 261 g/mol. The molecule has 0 aliphatic heterocycles. The molecule has 0 aliphatic carbocycles. The lowest BCUT2D eigenvalue weighted by Gasteiger charge is -2.25. The van der Waals surface area contributed by atoms with Gasteiger partial charge < -0.3 is 5.11 Å². The van der Waals surface area contributed by atoms with Crippen LogP contribution in [0, 0.1) is 5.82 Å². The molecule has 1 aromatic carbocycles. The molecule has 1 rings (SSSR count). The minimum Gasteiger partial charge on any atom is -0.395 e. The molecule has 0 heterocycles. The number of benzene rings is 1. The highest BCUT2D eigenvalue weighted by molar-refractivity contribution is 7.89. The predicted octanol–water partition coefficient (Wildman–Crippen LogP) is 1.22. The van der Waals surface area contributed by atoms with E-state index in [1.54, 1.807) is 13.8 Å². The van der Waals surface area contributed by atoms with E-state index in [1.807, 2.05) is 0 Å². The second-order valence-electron chi connectivity index (χ2n) is 3.89. The zero-order valence-corrected chi connectivity index (χ0v) is 10.6. The lowest BCUT2D eigenvalue weighted by atomic mass is 10.4. The van der Waals surface area contributed by atoms with Crippen LogP contribution >= 0.6 is 0 Å². The molecule has 96 valence electrons. The van der Waals surface area contributed by atoms with Crippen LogP contribution in [0.3, 0.4) is 0 Å². The third-order valence-electron chi connectivity index (χ3n) is 2.32. The van der Waals surface area contributed by atoms with E-state index in [1.165, 1.54) is 16.4 Å². The van der Waals surface area contributed by atoms with Crippen molar-refractivity contribution in [1.82, 2.24) is 4.31 Å². The monoisotopic (exact) mass is 261 g/mol. The van der Waals surface area contributed by atoms with Gasteiger partial charge in [0.15, 0.2) is 0 Å². The van der Waals surface area contributed by atoms with Crippen molar-refractivity contribution in [3.05, 3.63) is 30.1 Å². The number of sulfonamides is 1. The summed E-state index contributed by atoms with van der Waals surface area (Å²) in [6.45, 7) is 3.21. The number of hydrogen-bond donors (Lipinski definition) is 1. The van der Waals surface area contributed by atoms with Crippen LogP contribution in [-0.2, 0) is 10.0 Å². The van der Waals surface area contributed by atoms with E-state index in [0.717, 1.165) is 12.1 Å². The largest absolute Gasteiger partial charge is 0.395 e. The lowest BCUT2D eigenvalue weighted by molar-refractivity contribution is 0.236. The quantitative estimate of drug-likeness (QED) is 0.867. The summed E-state index contributed by atoms with van der Waals surface area (Å²) >= 11 is 0. The Kier molecular flexibility index (Phi) is 4.62. The Morgan fingerprint density at radius 1 is 1.29 bits per heavy atom. The Morgan fingerprint density at radius 3 is 2.24 bits per heavy atom. The van der Waals surface area contributed by atoms with Crippen molar-refractivity contribution < 1.29 is 17.9 Å². The molecule has 0 aromatic heterocycles. The van der Waals surface area contributed by atoms with Gasteiger partial charge in [0.1, 0.15) is 5.82 Å². The molecule has 1 aromatic rings. The lowest BCUT2D eigenvalue weighted by Crippen LogP contribution is -2.38. The molecule has 6 heteroatoms. The molecule has 0 saturated heterocycles. The number of rotatable bonds is 5. The summed E-state index contributed by atoms with van der Waals surface area (Å²) in [7, 11) is -3.67. The molecule has 0 aliphatic rings. The summed E-state index contributed by atoms with van der Waals surface area (Å²) in [6, 6.07) is 4.38. The van der Waals surface area contributed by atoms with Crippen molar-refractivity contribution >= 4 is 10.0 Å². The maximum Gasteiger partial charge on any atom is 0.243 e. The Balaban J connectivity index is 3.12. The van der Waals surface area contributed by atoms with Gasteiger partial charge in [-0.15, -0.1) is 0 Å². The van der Waals surface area contributed by atoms with Crippen LogP contribution in [0.15, 0.2) is 29.2 Å². The van der Waals surface area contributed by atoms with Crippen molar-refractivity contribution in [3.8, 4) is 0 Å². The van der Waals surface area contributed by atoms with E-state index >= 15 is 0 Å². The molecular formula is C11H16FNO3S. The Labute approximate surface area is 101 Å². The molecule has 0 fully saturated rings. The third-order valence-corrected chi connectivity index (χ3v) is 4.41. The van der Waals surface area contributed by atoms with Gasteiger partial charge in [0.25, 0.3) is 0 Å². The Bertz CT molecular complexity index is 456. The minimum atomic E-state index is -3.67. The molecular weight excluding hydrogens is 245 g/mol. The summed E-state index contributed by atoms with van der Waals surface area (Å²) in [5.41, 5.74) is 0. The first-order valence-electron chi connectivity index (χ1n) is 5.28. The number of aliphatic hydroxyl groups excluding tert-OH is 1. The minimum absolute atomic E-state index is 0.0252. The fraction of sp³-hybridized carbons (Fsp3) is 0.455. The molecule has 0 unspecified atom stereocenters. The van der Waals surface area contributed by atoms with E-state index in [-0.39, 0.29) is 24.1 Å². The average Bonchev–Trinajstić information content (AvgIpc) is 2.25.